The molecule has 1 aromatic heterocycles. The molecular weight excluding hydrogens is 334 g/mol. The first-order chi connectivity index (χ1) is 11.8. The van der Waals surface area contributed by atoms with E-state index in [0.717, 1.165) is 42.7 Å². The molecule has 0 radical (unpaired) electrons. The molecule has 1 atom stereocenters. The Morgan fingerprint density at radius 2 is 2.20 bits per heavy atom. The maximum atomic E-state index is 11.8. The number of aromatic nitrogens is 1. The molecule has 0 aliphatic carbocycles. The highest BCUT2D eigenvalue weighted by Crippen LogP contribution is 2.24. The molecule has 140 valence electrons. The number of carbonyl (C=O) groups excluding carboxylic acids is 1. The molecule has 2 heterocycles. The van der Waals surface area contributed by atoms with Crippen LogP contribution in [-0.4, -0.2) is 47.4 Å². The maximum Gasteiger partial charge on any atom is 0.222 e. The lowest BCUT2D eigenvalue weighted by atomic mass is 9.93. The number of rotatable bonds is 5. The van der Waals surface area contributed by atoms with Crippen LogP contribution in [0.3, 0.4) is 0 Å². The molecule has 0 saturated carbocycles. The summed E-state index contributed by atoms with van der Waals surface area (Å²) < 4.78 is 0. The minimum Gasteiger partial charge on any atom is -0.357 e. The molecule has 1 fully saturated rings. The maximum absolute atomic E-state index is 11.8. The number of likely N-dealkylation sites (tertiary alicyclic amines) is 1. The molecule has 0 aromatic carbocycles. The van der Waals surface area contributed by atoms with Crippen LogP contribution in [0.15, 0.2) is 10.4 Å². The van der Waals surface area contributed by atoms with Gasteiger partial charge in [-0.1, -0.05) is 27.7 Å². The second kappa shape index (κ2) is 8.65. The lowest BCUT2D eigenvalue weighted by Crippen LogP contribution is -2.45. The van der Waals surface area contributed by atoms with E-state index in [4.69, 9.17) is 4.98 Å². The predicted molar refractivity (Wildman–Crippen MR) is 104 cm³/mol. The number of guanidine groups is 1. The quantitative estimate of drug-likeness (QED) is 0.621. The average Bonchev–Trinajstić information content (AvgIpc) is 3.21. The van der Waals surface area contributed by atoms with Gasteiger partial charge in [-0.2, -0.15) is 0 Å². The summed E-state index contributed by atoms with van der Waals surface area (Å²) in [5.74, 6) is 1.02. The third-order valence-corrected chi connectivity index (χ3v) is 5.05. The van der Waals surface area contributed by atoms with Crippen molar-refractivity contribution in [2.45, 2.75) is 65.5 Å². The zero-order valence-electron chi connectivity index (χ0n) is 16.1. The second-order valence-electron chi connectivity index (χ2n) is 7.39. The Bertz CT molecular complexity index is 605. The lowest BCUT2D eigenvalue weighted by Gasteiger charge is -2.18. The molecule has 2 N–H and O–H groups in total. The van der Waals surface area contributed by atoms with Gasteiger partial charge in [0.25, 0.3) is 0 Å². The highest BCUT2D eigenvalue weighted by Gasteiger charge is 2.25. The van der Waals surface area contributed by atoms with E-state index >= 15 is 0 Å². The Balaban J connectivity index is 1.95. The van der Waals surface area contributed by atoms with E-state index in [-0.39, 0.29) is 17.4 Å². The monoisotopic (exact) mass is 365 g/mol. The van der Waals surface area contributed by atoms with Gasteiger partial charge >= 0.3 is 0 Å². The van der Waals surface area contributed by atoms with Crippen molar-refractivity contribution in [2.24, 2.45) is 4.99 Å². The number of hydrogen-bond donors (Lipinski definition) is 2. The summed E-state index contributed by atoms with van der Waals surface area (Å²) in [6.07, 6.45) is 1.53. The Hall–Kier alpha value is -1.63. The van der Waals surface area contributed by atoms with Gasteiger partial charge in [0.1, 0.15) is 5.01 Å². The zero-order valence-corrected chi connectivity index (χ0v) is 16.9. The summed E-state index contributed by atoms with van der Waals surface area (Å²) in [6, 6.07) is 0.259. The summed E-state index contributed by atoms with van der Waals surface area (Å²) in [6.45, 7) is 13.4. The van der Waals surface area contributed by atoms with Crippen LogP contribution in [0.1, 0.15) is 58.2 Å². The topological polar surface area (TPSA) is 69.6 Å². The van der Waals surface area contributed by atoms with Crippen LogP contribution in [0.25, 0.3) is 0 Å². The molecule has 1 aliphatic rings. The van der Waals surface area contributed by atoms with E-state index in [9.17, 15) is 4.79 Å². The first kappa shape index (κ1) is 19.7. The molecule has 7 heteroatoms. The number of thiazole rings is 1. The Kier molecular flexibility index (Phi) is 6.81. The summed E-state index contributed by atoms with van der Waals surface area (Å²) >= 11 is 1.66. The van der Waals surface area contributed by atoms with Crippen LogP contribution < -0.4 is 10.6 Å². The predicted octanol–water partition coefficient (Wildman–Crippen LogP) is 2.51. The number of carbonyl (C=O) groups is 1. The zero-order chi connectivity index (χ0) is 18.4. The summed E-state index contributed by atoms with van der Waals surface area (Å²) in [5.41, 5.74) is 1.19. The van der Waals surface area contributed by atoms with E-state index in [1.165, 1.54) is 0 Å². The minimum atomic E-state index is 0.0698. The van der Waals surface area contributed by atoms with Crippen LogP contribution >= 0.6 is 11.3 Å². The summed E-state index contributed by atoms with van der Waals surface area (Å²) in [7, 11) is 0. The van der Waals surface area contributed by atoms with Crippen LogP contribution in [0, 0.1) is 0 Å². The molecule has 1 unspecified atom stereocenters. The minimum absolute atomic E-state index is 0.0698. The van der Waals surface area contributed by atoms with Gasteiger partial charge in [-0.25, -0.2) is 9.98 Å². The molecular formula is C18H31N5OS. The van der Waals surface area contributed by atoms with E-state index in [0.29, 0.717) is 13.0 Å². The number of nitrogens with one attached hydrogen (secondary N) is 2. The molecule has 0 bridgehead atoms. The van der Waals surface area contributed by atoms with Crippen molar-refractivity contribution in [3.05, 3.63) is 16.1 Å². The fourth-order valence-electron chi connectivity index (χ4n) is 2.72. The molecule has 0 spiro atoms. The lowest BCUT2D eigenvalue weighted by molar-refractivity contribution is -0.129. The number of hydrogen-bond acceptors (Lipinski definition) is 4. The van der Waals surface area contributed by atoms with Gasteiger partial charge in [0.05, 0.1) is 12.2 Å². The molecule has 1 aliphatic heterocycles. The largest absolute Gasteiger partial charge is 0.357 e. The van der Waals surface area contributed by atoms with Crippen molar-refractivity contribution >= 4 is 23.2 Å². The van der Waals surface area contributed by atoms with Crippen molar-refractivity contribution in [1.29, 1.82) is 0 Å². The normalized spacial score (nSPS) is 18.5. The molecule has 25 heavy (non-hydrogen) atoms. The van der Waals surface area contributed by atoms with Gasteiger partial charge in [-0.3, -0.25) is 4.79 Å². The van der Waals surface area contributed by atoms with Gasteiger partial charge < -0.3 is 15.5 Å². The van der Waals surface area contributed by atoms with Gasteiger partial charge in [-0.15, -0.1) is 11.3 Å². The van der Waals surface area contributed by atoms with E-state index in [1.54, 1.807) is 11.3 Å². The Morgan fingerprint density at radius 1 is 1.44 bits per heavy atom. The van der Waals surface area contributed by atoms with Crippen molar-refractivity contribution in [2.75, 3.05) is 19.6 Å². The first-order valence-corrected chi connectivity index (χ1v) is 9.99. The van der Waals surface area contributed by atoms with Gasteiger partial charge in [-0.05, 0) is 13.3 Å². The first-order valence-electron chi connectivity index (χ1n) is 9.11. The van der Waals surface area contributed by atoms with Crippen molar-refractivity contribution in [3.8, 4) is 0 Å². The molecule has 2 rings (SSSR count). The number of nitrogens with zero attached hydrogens (tertiary/aromatic N) is 3. The van der Waals surface area contributed by atoms with Crippen LogP contribution in [0.2, 0.25) is 0 Å². The van der Waals surface area contributed by atoms with Gasteiger partial charge in [0, 0.05) is 42.9 Å². The van der Waals surface area contributed by atoms with Gasteiger partial charge in [0.15, 0.2) is 5.96 Å². The van der Waals surface area contributed by atoms with Crippen molar-refractivity contribution < 1.29 is 4.79 Å². The summed E-state index contributed by atoms with van der Waals surface area (Å²) in [4.78, 5) is 23.1. The Labute approximate surface area is 155 Å². The molecule has 1 amide bonds. The smallest absolute Gasteiger partial charge is 0.222 e. The van der Waals surface area contributed by atoms with E-state index < -0.39 is 0 Å². The standard InChI is InChI=1S/C18H31N5OS/c1-6-16(24)23-9-8-13(11-23)21-17(19-7-2)20-10-15-22-14(12-25-15)18(3,4)5/h12-13H,6-11H2,1-5H3,(H2,19,20,21). The van der Waals surface area contributed by atoms with Gasteiger partial charge in [0.2, 0.25) is 5.91 Å². The third kappa shape index (κ3) is 5.70. The SMILES string of the molecule is CCNC(=NCc1nc(C(C)(C)C)cs1)NC1CCN(C(=O)CC)C1. The Morgan fingerprint density at radius 3 is 2.80 bits per heavy atom. The molecule has 6 nitrogen and oxygen atoms in total. The van der Waals surface area contributed by atoms with Crippen LogP contribution in [0.5, 0.6) is 0 Å². The van der Waals surface area contributed by atoms with Crippen molar-refractivity contribution in [1.82, 2.24) is 20.5 Å². The number of amides is 1. The van der Waals surface area contributed by atoms with Crippen LogP contribution in [0.4, 0.5) is 0 Å². The molecule has 1 aromatic rings. The molecule has 1 saturated heterocycles. The van der Waals surface area contributed by atoms with Crippen LogP contribution in [-0.2, 0) is 16.8 Å². The second-order valence-corrected chi connectivity index (χ2v) is 8.34. The number of aliphatic imine (C=N–C) groups is 1. The average molecular weight is 366 g/mol. The highest BCUT2D eigenvalue weighted by atomic mass is 32.1. The van der Waals surface area contributed by atoms with Crippen molar-refractivity contribution in [3.63, 3.8) is 0 Å². The fourth-order valence-corrected chi connectivity index (χ4v) is 3.66. The summed E-state index contributed by atoms with van der Waals surface area (Å²) in [5, 5.41) is 9.89. The highest BCUT2D eigenvalue weighted by molar-refractivity contribution is 7.09. The van der Waals surface area contributed by atoms with E-state index in [1.807, 2.05) is 11.8 Å². The fraction of sp³-hybridized carbons (Fsp3) is 0.722. The van der Waals surface area contributed by atoms with E-state index in [2.05, 4.69) is 48.7 Å². The third-order valence-electron chi connectivity index (χ3n) is 4.22.